The molecule has 0 fully saturated rings. The Balaban J connectivity index is 1.74. The second kappa shape index (κ2) is 6.80. The van der Waals surface area contributed by atoms with Gasteiger partial charge in [-0.25, -0.2) is 4.98 Å². The lowest BCUT2D eigenvalue weighted by molar-refractivity contribution is 0.0783. The molecule has 1 atom stereocenters. The SMILES string of the molecule is CN(C)C[C@H]1CCn2ncc(C(=O)N(C)Cc3nccs3)c2C1. The first-order valence-electron chi connectivity index (χ1n) is 7.88. The Morgan fingerprint density at radius 1 is 1.43 bits per heavy atom. The fourth-order valence-electron chi connectivity index (χ4n) is 3.16. The van der Waals surface area contributed by atoms with Crippen molar-refractivity contribution in [3.63, 3.8) is 0 Å². The molecule has 0 aromatic carbocycles. The average Bonchev–Trinajstić information content (AvgIpc) is 3.14. The zero-order valence-corrected chi connectivity index (χ0v) is 14.7. The molecule has 124 valence electrons. The van der Waals surface area contributed by atoms with E-state index in [1.165, 1.54) is 0 Å². The van der Waals surface area contributed by atoms with Crippen LogP contribution >= 0.6 is 11.3 Å². The summed E-state index contributed by atoms with van der Waals surface area (Å²) in [5.41, 5.74) is 1.83. The zero-order chi connectivity index (χ0) is 16.4. The van der Waals surface area contributed by atoms with E-state index in [4.69, 9.17) is 0 Å². The van der Waals surface area contributed by atoms with Gasteiger partial charge in [-0.15, -0.1) is 11.3 Å². The minimum atomic E-state index is 0.0342. The van der Waals surface area contributed by atoms with Crippen LogP contribution in [0, 0.1) is 5.92 Å². The Labute approximate surface area is 140 Å². The number of rotatable bonds is 5. The van der Waals surface area contributed by atoms with Crippen LogP contribution in [0.15, 0.2) is 17.8 Å². The molecule has 0 radical (unpaired) electrons. The summed E-state index contributed by atoms with van der Waals surface area (Å²) < 4.78 is 2.00. The Hall–Kier alpha value is -1.73. The molecule has 2 aromatic rings. The van der Waals surface area contributed by atoms with Gasteiger partial charge in [0, 0.05) is 31.7 Å². The molecule has 1 amide bonds. The molecule has 0 spiro atoms. The lowest BCUT2D eigenvalue weighted by Crippen LogP contribution is -2.31. The van der Waals surface area contributed by atoms with E-state index < -0.39 is 0 Å². The summed E-state index contributed by atoms with van der Waals surface area (Å²) in [6.07, 6.45) is 5.54. The van der Waals surface area contributed by atoms with E-state index in [1.54, 1.807) is 28.6 Å². The van der Waals surface area contributed by atoms with Crippen molar-refractivity contribution in [1.82, 2.24) is 24.6 Å². The van der Waals surface area contributed by atoms with Crippen molar-refractivity contribution >= 4 is 17.2 Å². The maximum Gasteiger partial charge on any atom is 0.257 e. The molecule has 0 unspecified atom stereocenters. The normalized spacial score (nSPS) is 17.3. The number of carbonyl (C=O) groups is 1. The van der Waals surface area contributed by atoms with E-state index in [1.807, 2.05) is 17.1 Å². The molecule has 1 aliphatic rings. The molecule has 23 heavy (non-hydrogen) atoms. The summed E-state index contributed by atoms with van der Waals surface area (Å²) in [5, 5.41) is 7.30. The highest BCUT2D eigenvalue weighted by atomic mass is 32.1. The van der Waals surface area contributed by atoms with Gasteiger partial charge >= 0.3 is 0 Å². The first-order valence-corrected chi connectivity index (χ1v) is 8.76. The summed E-state index contributed by atoms with van der Waals surface area (Å²) in [7, 11) is 6.02. The van der Waals surface area contributed by atoms with Crippen LogP contribution in [0.1, 0.15) is 27.5 Å². The average molecular weight is 333 g/mol. The standard InChI is InChI=1S/C16H23N5OS/c1-19(2)10-12-4-6-21-14(8-12)13(9-18-21)16(22)20(3)11-15-17-5-7-23-15/h5,7,9,12H,4,6,8,10-11H2,1-3H3/t12-/m0/s1. The first kappa shape index (κ1) is 16.1. The monoisotopic (exact) mass is 333 g/mol. The van der Waals surface area contributed by atoms with Crippen molar-refractivity contribution in [2.75, 3.05) is 27.7 Å². The van der Waals surface area contributed by atoms with Gasteiger partial charge in [-0.2, -0.15) is 5.10 Å². The highest BCUT2D eigenvalue weighted by molar-refractivity contribution is 7.09. The highest BCUT2D eigenvalue weighted by Crippen LogP contribution is 2.24. The van der Waals surface area contributed by atoms with Gasteiger partial charge in [-0.05, 0) is 32.9 Å². The van der Waals surface area contributed by atoms with E-state index in [0.717, 1.165) is 42.2 Å². The molecular weight excluding hydrogens is 310 g/mol. The second-order valence-corrected chi connectivity index (χ2v) is 7.42. The third-order valence-corrected chi connectivity index (χ3v) is 5.00. The van der Waals surface area contributed by atoms with Crippen LogP contribution in [0.5, 0.6) is 0 Å². The minimum absolute atomic E-state index is 0.0342. The number of hydrogen-bond acceptors (Lipinski definition) is 5. The number of nitrogens with zero attached hydrogens (tertiary/aromatic N) is 5. The number of thiazole rings is 1. The quantitative estimate of drug-likeness (QED) is 0.836. The van der Waals surface area contributed by atoms with Crippen molar-refractivity contribution in [2.24, 2.45) is 5.92 Å². The highest BCUT2D eigenvalue weighted by Gasteiger charge is 2.27. The number of amides is 1. The van der Waals surface area contributed by atoms with Crippen LogP contribution in [0.25, 0.3) is 0 Å². The summed E-state index contributed by atoms with van der Waals surface area (Å²) in [6.45, 7) is 2.49. The maximum atomic E-state index is 12.8. The van der Waals surface area contributed by atoms with Crippen LogP contribution in [-0.4, -0.2) is 58.2 Å². The Kier molecular flexibility index (Phi) is 4.77. The zero-order valence-electron chi connectivity index (χ0n) is 13.9. The van der Waals surface area contributed by atoms with Crippen molar-refractivity contribution < 1.29 is 4.79 Å². The van der Waals surface area contributed by atoms with E-state index in [0.29, 0.717) is 12.5 Å². The molecule has 3 rings (SSSR count). The van der Waals surface area contributed by atoms with Crippen molar-refractivity contribution in [2.45, 2.75) is 25.9 Å². The van der Waals surface area contributed by atoms with Crippen LogP contribution in [0.2, 0.25) is 0 Å². The van der Waals surface area contributed by atoms with Gasteiger partial charge in [0.1, 0.15) is 5.01 Å². The molecule has 3 heterocycles. The van der Waals surface area contributed by atoms with Crippen LogP contribution in [-0.2, 0) is 19.5 Å². The largest absolute Gasteiger partial charge is 0.335 e. The third kappa shape index (κ3) is 3.61. The Morgan fingerprint density at radius 2 is 2.26 bits per heavy atom. The van der Waals surface area contributed by atoms with Gasteiger partial charge in [0.2, 0.25) is 0 Å². The number of carbonyl (C=O) groups excluding carboxylic acids is 1. The van der Waals surface area contributed by atoms with Gasteiger partial charge in [-0.3, -0.25) is 9.48 Å². The molecule has 0 bridgehead atoms. The third-order valence-electron chi connectivity index (χ3n) is 4.24. The summed E-state index contributed by atoms with van der Waals surface area (Å²) in [4.78, 5) is 21.0. The van der Waals surface area contributed by atoms with E-state index in [9.17, 15) is 4.79 Å². The maximum absolute atomic E-state index is 12.8. The van der Waals surface area contributed by atoms with Gasteiger partial charge in [-0.1, -0.05) is 0 Å². The summed E-state index contributed by atoms with van der Waals surface area (Å²) in [6, 6.07) is 0. The minimum Gasteiger partial charge on any atom is -0.335 e. The molecule has 1 aliphatic heterocycles. The fraction of sp³-hybridized carbons (Fsp3) is 0.562. The topological polar surface area (TPSA) is 54.3 Å². The molecule has 0 N–H and O–H groups in total. The van der Waals surface area contributed by atoms with E-state index in [2.05, 4.69) is 29.1 Å². The van der Waals surface area contributed by atoms with Crippen LogP contribution in [0.4, 0.5) is 0 Å². The predicted molar refractivity (Wildman–Crippen MR) is 90.5 cm³/mol. The molecule has 0 saturated heterocycles. The molecule has 6 nitrogen and oxygen atoms in total. The van der Waals surface area contributed by atoms with Gasteiger partial charge < -0.3 is 9.80 Å². The summed E-state index contributed by atoms with van der Waals surface area (Å²) in [5.74, 6) is 0.622. The predicted octanol–water partition coefficient (Wildman–Crippen LogP) is 1.74. The number of fused-ring (bicyclic) bond motifs is 1. The van der Waals surface area contributed by atoms with Crippen molar-refractivity contribution in [3.05, 3.63) is 34.0 Å². The Bertz CT molecular complexity index is 664. The number of aromatic nitrogens is 3. The number of aryl methyl sites for hydroxylation is 1. The fourth-order valence-corrected chi connectivity index (χ4v) is 3.83. The lowest BCUT2D eigenvalue weighted by Gasteiger charge is -2.27. The van der Waals surface area contributed by atoms with Crippen LogP contribution in [0.3, 0.4) is 0 Å². The molecular formula is C16H23N5OS. The smallest absolute Gasteiger partial charge is 0.257 e. The van der Waals surface area contributed by atoms with Gasteiger partial charge in [0.05, 0.1) is 24.0 Å². The second-order valence-electron chi connectivity index (χ2n) is 6.44. The van der Waals surface area contributed by atoms with E-state index >= 15 is 0 Å². The van der Waals surface area contributed by atoms with Crippen molar-refractivity contribution in [1.29, 1.82) is 0 Å². The van der Waals surface area contributed by atoms with Gasteiger partial charge in [0.25, 0.3) is 5.91 Å². The Morgan fingerprint density at radius 3 is 2.96 bits per heavy atom. The number of hydrogen-bond donors (Lipinski definition) is 0. The van der Waals surface area contributed by atoms with Gasteiger partial charge in [0.15, 0.2) is 0 Å². The van der Waals surface area contributed by atoms with E-state index in [-0.39, 0.29) is 5.91 Å². The van der Waals surface area contributed by atoms with Crippen LogP contribution < -0.4 is 0 Å². The van der Waals surface area contributed by atoms with Crippen molar-refractivity contribution in [3.8, 4) is 0 Å². The first-order chi connectivity index (χ1) is 11.0. The summed E-state index contributed by atoms with van der Waals surface area (Å²) >= 11 is 1.57. The molecule has 2 aromatic heterocycles. The molecule has 7 heteroatoms. The molecule has 0 aliphatic carbocycles. The molecule has 0 saturated carbocycles. The lowest BCUT2D eigenvalue weighted by atomic mass is 9.94.